The molecule has 1 N–H and O–H groups in total. The van der Waals surface area contributed by atoms with E-state index in [1.807, 2.05) is 0 Å². The molecule has 1 rings (SSSR count). The largest absolute Gasteiger partial charge is 0.479 e. The molecule has 1 aromatic rings. The molecule has 1 atom stereocenters. The lowest BCUT2D eigenvalue weighted by Crippen LogP contribution is -2.47. The summed E-state index contributed by atoms with van der Waals surface area (Å²) in [6.45, 7) is 1.50. The van der Waals surface area contributed by atoms with Crippen LogP contribution in [0.4, 0.5) is 0 Å². The molecule has 4 heteroatoms. The van der Waals surface area contributed by atoms with Crippen LogP contribution in [0, 0.1) is 0 Å². The van der Waals surface area contributed by atoms with Crippen molar-refractivity contribution in [2.24, 2.45) is 0 Å². The first-order valence-electron chi connectivity index (χ1n) is 4.50. The van der Waals surface area contributed by atoms with Crippen molar-refractivity contribution in [3.8, 4) is 0 Å². The van der Waals surface area contributed by atoms with E-state index in [9.17, 15) is 14.7 Å². The second-order valence-corrected chi connectivity index (χ2v) is 3.46. The highest BCUT2D eigenvalue weighted by Crippen LogP contribution is 2.26. The van der Waals surface area contributed by atoms with E-state index in [1.54, 1.807) is 30.3 Å². The van der Waals surface area contributed by atoms with E-state index in [4.69, 9.17) is 0 Å². The number of nitrogens with zero attached hydrogens (tertiary/aromatic N) is 1. The number of amides is 1. The minimum atomic E-state index is -1.32. The highest BCUT2D eigenvalue weighted by Gasteiger charge is 2.38. The SMILES string of the molecule is CN(C=O)C(C)(C(=O)O)c1ccccc1. The number of rotatable bonds is 4. The molecule has 0 aromatic heterocycles. The second-order valence-electron chi connectivity index (χ2n) is 3.46. The third kappa shape index (κ3) is 1.83. The first-order chi connectivity index (χ1) is 7.03. The Morgan fingerprint density at radius 2 is 1.93 bits per heavy atom. The lowest BCUT2D eigenvalue weighted by molar-refractivity contribution is -0.153. The summed E-state index contributed by atoms with van der Waals surface area (Å²) in [5.41, 5.74) is -0.740. The number of carboxylic acid groups (broad SMARTS) is 1. The van der Waals surface area contributed by atoms with E-state index in [0.717, 1.165) is 4.90 Å². The average Bonchev–Trinajstić information content (AvgIpc) is 2.27. The predicted octanol–water partition coefficient (Wildman–Crippen LogP) is 1.07. The van der Waals surface area contributed by atoms with Gasteiger partial charge in [-0.2, -0.15) is 0 Å². The maximum atomic E-state index is 11.2. The topological polar surface area (TPSA) is 57.6 Å². The molecule has 0 heterocycles. The fourth-order valence-electron chi connectivity index (χ4n) is 1.35. The Hall–Kier alpha value is -1.84. The van der Waals surface area contributed by atoms with E-state index in [-0.39, 0.29) is 0 Å². The number of carboxylic acids is 1. The molecular formula is C11H13NO3. The molecule has 0 fully saturated rings. The van der Waals surface area contributed by atoms with E-state index < -0.39 is 11.5 Å². The zero-order valence-electron chi connectivity index (χ0n) is 8.68. The molecule has 1 amide bonds. The zero-order chi connectivity index (χ0) is 11.5. The van der Waals surface area contributed by atoms with Crippen LogP contribution in [0.25, 0.3) is 0 Å². The van der Waals surface area contributed by atoms with Crippen molar-refractivity contribution in [1.82, 2.24) is 4.90 Å². The first kappa shape index (κ1) is 11.2. The van der Waals surface area contributed by atoms with Crippen molar-refractivity contribution >= 4 is 12.4 Å². The molecule has 15 heavy (non-hydrogen) atoms. The van der Waals surface area contributed by atoms with Crippen LogP contribution in [0.1, 0.15) is 12.5 Å². The van der Waals surface area contributed by atoms with Gasteiger partial charge < -0.3 is 10.0 Å². The molecule has 0 aliphatic rings. The minimum Gasteiger partial charge on any atom is -0.479 e. The fraction of sp³-hybridized carbons (Fsp3) is 0.273. The van der Waals surface area contributed by atoms with E-state index in [0.29, 0.717) is 12.0 Å². The summed E-state index contributed by atoms with van der Waals surface area (Å²) in [7, 11) is 1.45. The van der Waals surface area contributed by atoms with E-state index in [2.05, 4.69) is 0 Å². The summed E-state index contributed by atoms with van der Waals surface area (Å²) in [4.78, 5) is 23.1. The van der Waals surface area contributed by atoms with Crippen molar-refractivity contribution in [2.45, 2.75) is 12.5 Å². The Kier molecular flexibility index (Phi) is 3.09. The Balaban J connectivity index is 3.24. The third-order valence-electron chi connectivity index (χ3n) is 2.62. The molecule has 1 unspecified atom stereocenters. The van der Waals surface area contributed by atoms with Gasteiger partial charge in [0, 0.05) is 7.05 Å². The molecule has 0 aliphatic heterocycles. The number of hydrogen-bond donors (Lipinski definition) is 1. The van der Waals surface area contributed by atoms with Gasteiger partial charge in [-0.1, -0.05) is 30.3 Å². The predicted molar refractivity (Wildman–Crippen MR) is 55.3 cm³/mol. The molecule has 0 bridgehead atoms. The van der Waals surface area contributed by atoms with Gasteiger partial charge in [-0.3, -0.25) is 4.79 Å². The van der Waals surface area contributed by atoms with Gasteiger partial charge >= 0.3 is 5.97 Å². The summed E-state index contributed by atoms with van der Waals surface area (Å²) < 4.78 is 0. The lowest BCUT2D eigenvalue weighted by Gasteiger charge is -2.32. The molecule has 0 radical (unpaired) electrons. The zero-order valence-corrected chi connectivity index (χ0v) is 8.68. The van der Waals surface area contributed by atoms with Crippen LogP contribution in [0.3, 0.4) is 0 Å². The Bertz CT molecular complexity index is 363. The number of carbonyl (C=O) groups is 2. The van der Waals surface area contributed by atoms with Gasteiger partial charge in [0.2, 0.25) is 6.41 Å². The third-order valence-corrected chi connectivity index (χ3v) is 2.62. The minimum absolute atomic E-state index is 0.515. The summed E-state index contributed by atoms with van der Waals surface area (Å²) in [6, 6.07) is 8.67. The van der Waals surface area contributed by atoms with Crippen LogP contribution in [0.15, 0.2) is 30.3 Å². The lowest BCUT2D eigenvalue weighted by atomic mass is 9.91. The molecule has 0 spiro atoms. The van der Waals surface area contributed by atoms with Crippen LogP contribution in [-0.2, 0) is 15.1 Å². The van der Waals surface area contributed by atoms with Gasteiger partial charge in [-0.25, -0.2) is 4.79 Å². The number of likely N-dealkylation sites (N-methyl/N-ethyl adjacent to an activating group) is 1. The molecule has 4 nitrogen and oxygen atoms in total. The van der Waals surface area contributed by atoms with Gasteiger partial charge in [0.15, 0.2) is 5.54 Å². The van der Waals surface area contributed by atoms with Gasteiger partial charge in [0.25, 0.3) is 0 Å². The van der Waals surface area contributed by atoms with Gasteiger partial charge in [-0.05, 0) is 12.5 Å². The summed E-state index contributed by atoms with van der Waals surface area (Å²) in [5, 5.41) is 9.19. The fourth-order valence-corrected chi connectivity index (χ4v) is 1.35. The smallest absolute Gasteiger partial charge is 0.334 e. The van der Waals surface area contributed by atoms with Gasteiger partial charge in [0.1, 0.15) is 0 Å². The number of benzene rings is 1. The van der Waals surface area contributed by atoms with Crippen molar-refractivity contribution in [3.05, 3.63) is 35.9 Å². The van der Waals surface area contributed by atoms with Gasteiger partial charge in [-0.15, -0.1) is 0 Å². The molecule has 0 saturated heterocycles. The van der Waals surface area contributed by atoms with Crippen LogP contribution in [-0.4, -0.2) is 29.4 Å². The van der Waals surface area contributed by atoms with Gasteiger partial charge in [0.05, 0.1) is 0 Å². The first-order valence-corrected chi connectivity index (χ1v) is 4.50. The normalized spacial score (nSPS) is 14.0. The van der Waals surface area contributed by atoms with E-state index >= 15 is 0 Å². The monoisotopic (exact) mass is 207 g/mol. The standard InChI is InChI=1S/C11H13NO3/c1-11(10(14)15,12(2)8-13)9-6-4-3-5-7-9/h3-8H,1-2H3,(H,14,15). The molecule has 0 saturated carbocycles. The Morgan fingerprint density at radius 1 is 1.40 bits per heavy atom. The van der Waals surface area contributed by atoms with Crippen molar-refractivity contribution in [3.63, 3.8) is 0 Å². The maximum absolute atomic E-state index is 11.2. The average molecular weight is 207 g/mol. The summed E-state index contributed by atoms with van der Waals surface area (Å²) >= 11 is 0. The maximum Gasteiger partial charge on any atom is 0.334 e. The quantitative estimate of drug-likeness (QED) is 0.751. The molecule has 1 aromatic carbocycles. The number of carbonyl (C=O) groups excluding carboxylic acids is 1. The van der Waals surface area contributed by atoms with Crippen LogP contribution in [0.2, 0.25) is 0 Å². The number of hydrogen-bond acceptors (Lipinski definition) is 2. The molecular weight excluding hydrogens is 194 g/mol. The number of aliphatic carboxylic acids is 1. The molecule has 80 valence electrons. The van der Waals surface area contributed by atoms with Crippen LogP contribution < -0.4 is 0 Å². The van der Waals surface area contributed by atoms with Crippen LogP contribution in [0.5, 0.6) is 0 Å². The van der Waals surface area contributed by atoms with Crippen molar-refractivity contribution in [2.75, 3.05) is 7.05 Å². The summed E-state index contributed by atoms with van der Waals surface area (Å²) in [6.07, 6.45) is 0.515. The Labute approximate surface area is 88.1 Å². The second kappa shape index (κ2) is 4.13. The van der Waals surface area contributed by atoms with Crippen molar-refractivity contribution in [1.29, 1.82) is 0 Å². The Morgan fingerprint density at radius 3 is 2.33 bits per heavy atom. The highest BCUT2D eigenvalue weighted by molar-refractivity contribution is 5.82. The highest BCUT2D eigenvalue weighted by atomic mass is 16.4. The summed E-state index contributed by atoms with van der Waals surface area (Å²) in [5.74, 6) is -1.05. The van der Waals surface area contributed by atoms with E-state index in [1.165, 1.54) is 14.0 Å². The van der Waals surface area contributed by atoms with Crippen LogP contribution >= 0.6 is 0 Å². The molecule has 0 aliphatic carbocycles. The van der Waals surface area contributed by atoms with Crippen molar-refractivity contribution < 1.29 is 14.7 Å².